The van der Waals surface area contributed by atoms with Crippen LogP contribution in [0.3, 0.4) is 0 Å². The monoisotopic (exact) mass is 633 g/mol. The molecule has 0 N–H and O–H groups in total. The molecule has 98 valence electrons. The summed E-state index contributed by atoms with van der Waals surface area (Å²) < 4.78 is 10.7. The first kappa shape index (κ1) is 17.1. The summed E-state index contributed by atoms with van der Waals surface area (Å²) in [5, 5.41) is 0. The zero-order valence-electron chi connectivity index (χ0n) is 7.90. The summed E-state index contributed by atoms with van der Waals surface area (Å²) in [6.45, 7) is 0. The van der Waals surface area contributed by atoms with Crippen molar-refractivity contribution in [3.05, 3.63) is 29.0 Å². The number of benzene rings is 1. The fourth-order valence-electron chi connectivity index (χ4n) is 1.09. The largest absolute Gasteiger partial charge is 0.380 e. The first-order chi connectivity index (χ1) is 8.36. The predicted molar refractivity (Wildman–Crippen MR) is 85.9 cm³/mol. The summed E-state index contributed by atoms with van der Waals surface area (Å²) in [6.07, 6.45) is 0. The second-order valence-corrected chi connectivity index (χ2v) is 6.55. The molecule has 18 heavy (non-hydrogen) atoms. The number of halogens is 6. The molecule has 0 amide bonds. The molecule has 0 bridgehead atoms. The minimum Gasteiger partial charge on any atom is -0.380 e. The first-order valence-corrected chi connectivity index (χ1v) is 8.35. The van der Waals surface area contributed by atoms with Crippen molar-refractivity contribution < 1.29 is 17.2 Å². The Morgan fingerprint density at radius 1 is 0.667 bits per heavy atom. The molecule has 0 aliphatic carbocycles. The third kappa shape index (κ3) is 3.20. The van der Waals surface area contributed by atoms with Gasteiger partial charge in [-0.1, -0.05) is 0 Å². The SMILES string of the molecule is O=C(OBr)c1c(Br)c(Br)c(Br)c(Br)c1C(=O)OBr. The van der Waals surface area contributed by atoms with Crippen molar-refractivity contribution in [1.82, 2.24) is 0 Å². The van der Waals surface area contributed by atoms with Gasteiger partial charge in [0, 0.05) is 17.9 Å². The van der Waals surface area contributed by atoms with E-state index in [0.29, 0.717) is 17.9 Å². The molecule has 0 aromatic heterocycles. The Morgan fingerprint density at radius 3 is 1.17 bits per heavy atom. The minimum atomic E-state index is -0.747. The molecule has 0 atom stereocenters. The van der Waals surface area contributed by atoms with Crippen molar-refractivity contribution in [2.24, 2.45) is 0 Å². The van der Waals surface area contributed by atoms with Gasteiger partial charge >= 0.3 is 11.9 Å². The molecule has 0 spiro atoms. The van der Waals surface area contributed by atoms with Gasteiger partial charge in [0.2, 0.25) is 0 Å². The summed E-state index contributed by atoms with van der Waals surface area (Å²) in [5.41, 5.74) is 0.0246. The molecule has 1 aromatic carbocycles. The maximum atomic E-state index is 11.7. The smallest absolute Gasteiger partial charge is 0.351 e. The van der Waals surface area contributed by atoms with E-state index in [0.717, 1.165) is 0 Å². The van der Waals surface area contributed by atoms with E-state index in [1.165, 1.54) is 0 Å². The van der Waals surface area contributed by atoms with E-state index in [1.807, 2.05) is 0 Å². The lowest BCUT2D eigenvalue weighted by Gasteiger charge is -2.13. The van der Waals surface area contributed by atoms with Crippen LogP contribution >= 0.6 is 96.2 Å². The Morgan fingerprint density at radius 2 is 0.944 bits per heavy atom. The molecule has 0 saturated heterocycles. The maximum Gasteiger partial charge on any atom is 0.351 e. The Balaban J connectivity index is 3.75. The van der Waals surface area contributed by atoms with Crippen LogP contribution in [0.15, 0.2) is 17.9 Å². The van der Waals surface area contributed by atoms with Crippen LogP contribution in [0.4, 0.5) is 0 Å². The molecule has 0 fully saturated rings. The van der Waals surface area contributed by atoms with Gasteiger partial charge in [0.1, 0.15) is 0 Å². The second kappa shape index (κ2) is 7.16. The molecule has 0 aliphatic rings. The topological polar surface area (TPSA) is 52.6 Å². The second-order valence-electron chi connectivity index (χ2n) is 2.74. The Bertz CT molecular complexity index is 482. The van der Waals surface area contributed by atoms with Gasteiger partial charge in [0.25, 0.3) is 0 Å². The van der Waals surface area contributed by atoms with Crippen LogP contribution in [-0.2, 0) is 7.66 Å². The molecule has 0 radical (unpaired) electrons. The highest BCUT2D eigenvalue weighted by molar-refractivity contribution is 9.15. The van der Waals surface area contributed by atoms with Crippen molar-refractivity contribution in [2.45, 2.75) is 0 Å². The molecular formula is C8Br6O4. The van der Waals surface area contributed by atoms with Crippen LogP contribution in [0.1, 0.15) is 20.7 Å². The third-order valence-electron chi connectivity index (χ3n) is 1.82. The van der Waals surface area contributed by atoms with E-state index in [1.54, 1.807) is 0 Å². The van der Waals surface area contributed by atoms with Crippen molar-refractivity contribution in [3.63, 3.8) is 0 Å². The number of carbonyl (C=O) groups is 2. The number of rotatable bonds is 2. The van der Waals surface area contributed by atoms with E-state index < -0.39 is 11.9 Å². The van der Waals surface area contributed by atoms with Gasteiger partial charge in [0.05, 0.1) is 11.1 Å². The van der Waals surface area contributed by atoms with Crippen molar-refractivity contribution in [2.75, 3.05) is 0 Å². The van der Waals surface area contributed by atoms with Gasteiger partial charge in [-0.05, 0) is 63.7 Å². The lowest BCUT2D eigenvalue weighted by molar-refractivity contribution is 0.0738. The standard InChI is InChI=1S/C8Br6O4/c9-3-1(7(15)17-13)2(8(16)18-14)4(10)6(12)5(3)11. The third-order valence-corrected chi connectivity index (χ3v) is 7.17. The van der Waals surface area contributed by atoms with Crippen LogP contribution in [0.5, 0.6) is 0 Å². The normalized spacial score (nSPS) is 10.1. The van der Waals surface area contributed by atoms with Crippen molar-refractivity contribution in [3.8, 4) is 0 Å². The molecule has 0 aliphatic heterocycles. The van der Waals surface area contributed by atoms with Gasteiger partial charge in [-0.25, -0.2) is 9.59 Å². The van der Waals surface area contributed by atoms with Gasteiger partial charge < -0.3 is 7.66 Å². The van der Waals surface area contributed by atoms with E-state index in [4.69, 9.17) is 0 Å². The first-order valence-electron chi connectivity index (χ1n) is 3.88. The Labute approximate surface area is 153 Å². The zero-order chi connectivity index (χ0) is 14.0. The van der Waals surface area contributed by atoms with E-state index in [2.05, 4.69) is 104 Å². The highest BCUT2D eigenvalue weighted by Crippen LogP contribution is 2.42. The lowest BCUT2D eigenvalue weighted by atomic mass is 10.1. The van der Waals surface area contributed by atoms with Crippen LogP contribution in [0.25, 0.3) is 0 Å². The number of hydrogen-bond acceptors (Lipinski definition) is 4. The fraction of sp³-hybridized carbons (Fsp3) is 0. The minimum absolute atomic E-state index is 0.0123. The van der Waals surface area contributed by atoms with Crippen LogP contribution in [0.2, 0.25) is 0 Å². The van der Waals surface area contributed by atoms with Crippen molar-refractivity contribution >= 4 is 108 Å². The molecule has 0 unspecified atom stereocenters. The van der Waals surface area contributed by atoms with Crippen LogP contribution in [-0.4, -0.2) is 11.9 Å². The summed E-state index contributed by atoms with van der Waals surface area (Å²) in [5.74, 6) is -1.49. The van der Waals surface area contributed by atoms with Gasteiger partial charge in [0.15, 0.2) is 32.5 Å². The molecule has 0 saturated carbocycles. The fourth-order valence-corrected chi connectivity index (χ4v) is 3.86. The summed E-state index contributed by atoms with van der Waals surface area (Å²) in [7, 11) is 0. The molecule has 1 rings (SSSR count). The van der Waals surface area contributed by atoms with E-state index in [9.17, 15) is 9.59 Å². The van der Waals surface area contributed by atoms with Crippen molar-refractivity contribution in [1.29, 1.82) is 0 Å². The molecule has 4 nitrogen and oxygen atoms in total. The molecule has 10 heteroatoms. The molecular weight excluding hydrogens is 640 g/mol. The molecule has 0 heterocycles. The highest BCUT2D eigenvalue weighted by atomic mass is 79.9. The summed E-state index contributed by atoms with van der Waals surface area (Å²) in [4.78, 5) is 23.4. The zero-order valence-corrected chi connectivity index (χ0v) is 17.4. The van der Waals surface area contributed by atoms with E-state index in [-0.39, 0.29) is 11.1 Å². The van der Waals surface area contributed by atoms with Crippen LogP contribution in [0, 0.1) is 0 Å². The number of hydrogen-bond donors (Lipinski definition) is 0. The average molecular weight is 640 g/mol. The summed E-state index contributed by atoms with van der Waals surface area (Å²) in [6, 6.07) is 0. The highest BCUT2D eigenvalue weighted by Gasteiger charge is 2.29. The maximum absolute atomic E-state index is 11.7. The van der Waals surface area contributed by atoms with E-state index >= 15 is 0 Å². The average Bonchev–Trinajstić information content (AvgIpc) is 2.38. The van der Waals surface area contributed by atoms with Gasteiger partial charge in [-0.2, -0.15) is 0 Å². The lowest BCUT2D eigenvalue weighted by Crippen LogP contribution is -2.12. The predicted octanol–water partition coefficient (Wildman–Crippen LogP) is 5.67. The molecule has 1 aromatic rings. The van der Waals surface area contributed by atoms with Gasteiger partial charge in [-0.15, -0.1) is 0 Å². The quantitative estimate of drug-likeness (QED) is 0.309. The number of carbonyl (C=O) groups excluding carboxylic acids is 2. The van der Waals surface area contributed by atoms with Crippen LogP contribution < -0.4 is 0 Å². The summed E-state index contributed by atoms with van der Waals surface area (Å²) >= 11 is 18.1. The van der Waals surface area contributed by atoms with Gasteiger partial charge in [-0.3, -0.25) is 0 Å². The Hall–Kier alpha value is 1.04. The Kier molecular flexibility index (Phi) is 6.80.